The van der Waals surface area contributed by atoms with E-state index >= 15 is 0 Å². The summed E-state index contributed by atoms with van der Waals surface area (Å²) < 4.78 is 17.8. The lowest BCUT2D eigenvalue weighted by Gasteiger charge is -2.03. The van der Waals surface area contributed by atoms with Gasteiger partial charge in [0.05, 0.1) is 18.3 Å². The molecule has 78 valence electrons. The standard InChI is InChI=1S/C10H7ClFNOS/c1-14-8-4-6(2-3-7(8)11)10-13-5-9(12)15-10/h2-5H,1H3. The average molecular weight is 244 g/mol. The first-order valence-corrected chi connectivity index (χ1v) is 5.35. The van der Waals surface area contributed by atoms with Gasteiger partial charge in [-0.25, -0.2) is 4.98 Å². The van der Waals surface area contributed by atoms with E-state index in [-0.39, 0.29) is 5.13 Å². The van der Waals surface area contributed by atoms with Crippen molar-refractivity contribution >= 4 is 22.9 Å². The van der Waals surface area contributed by atoms with Crippen LogP contribution in [0.2, 0.25) is 5.02 Å². The smallest absolute Gasteiger partial charge is 0.196 e. The maximum Gasteiger partial charge on any atom is 0.196 e. The second-order valence-corrected chi connectivity index (χ2v) is 4.21. The second kappa shape index (κ2) is 4.16. The van der Waals surface area contributed by atoms with Crippen LogP contribution in [0, 0.1) is 5.13 Å². The van der Waals surface area contributed by atoms with E-state index in [4.69, 9.17) is 16.3 Å². The third-order valence-electron chi connectivity index (χ3n) is 1.88. The lowest BCUT2D eigenvalue weighted by atomic mass is 10.2. The molecule has 0 spiro atoms. The Balaban J connectivity index is 2.45. The normalized spacial score (nSPS) is 10.3. The molecule has 0 N–H and O–H groups in total. The molecule has 0 fully saturated rings. The molecule has 0 unspecified atom stereocenters. The molecule has 0 amide bonds. The molecule has 1 aromatic carbocycles. The summed E-state index contributed by atoms with van der Waals surface area (Å²) in [7, 11) is 1.54. The number of benzene rings is 1. The fourth-order valence-electron chi connectivity index (χ4n) is 1.18. The van der Waals surface area contributed by atoms with Crippen molar-refractivity contribution in [1.29, 1.82) is 0 Å². The third kappa shape index (κ3) is 2.11. The van der Waals surface area contributed by atoms with Crippen molar-refractivity contribution in [2.24, 2.45) is 0 Å². The molecule has 0 aliphatic carbocycles. The first-order chi connectivity index (χ1) is 7.20. The van der Waals surface area contributed by atoms with Crippen LogP contribution >= 0.6 is 22.9 Å². The zero-order chi connectivity index (χ0) is 10.8. The van der Waals surface area contributed by atoms with Crippen molar-refractivity contribution in [1.82, 2.24) is 4.98 Å². The van der Waals surface area contributed by atoms with Gasteiger partial charge in [0.25, 0.3) is 0 Å². The number of rotatable bonds is 2. The molecule has 15 heavy (non-hydrogen) atoms. The molecule has 0 atom stereocenters. The van der Waals surface area contributed by atoms with Crippen LogP contribution in [-0.2, 0) is 0 Å². The summed E-state index contributed by atoms with van der Waals surface area (Å²) in [6.07, 6.45) is 1.20. The number of aromatic nitrogens is 1. The number of thiazole rings is 1. The highest BCUT2D eigenvalue weighted by Crippen LogP contribution is 2.31. The highest BCUT2D eigenvalue weighted by Gasteiger charge is 2.07. The van der Waals surface area contributed by atoms with Crippen LogP contribution in [0.5, 0.6) is 5.75 Å². The van der Waals surface area contributed by atoms with Crippen LogP contribution in [0.3, 0.4) is 0 Å². The van der Waals surface area contributed by atoms with Gasteiger partial charge in [-0.15, -0.1) is 0 Å². The molecule has 0 saturated carbocycles. The maximum atomic E-state index is 12.8. The predicted octanol–water partition coefficient (Wildman–Crippen LogP) is 3.61. The van der Waals surface area contributed by atoms with E-state index < -0.39 is 0 Å². The van der Waals surface area contributed by atoms with Crippen molar-refractivity contribution < 1.29 is 9.13 Å². The maximum absolute atomic E-state index is 12.8. The van der Waals surface area contributed by atoms with Crippen molar-refractivity contribution in [3.8, 4) is 16.3 Å². The highest BCUT2D eigenvalue weighted by molar-refractivity contribution is 7.13. The van der Waals surface area contributed by atoms with Gasteiger partial charge in [-0.3, -0.25) is 0 Å². The molecule has 2 nitrogen and oxygen atoms in total. The summed E-state index contributed by atoms with van der Waals surface area (Å²) in [5.41, 5.74) is 0.796. The Morgan fingerprint density at radius 3 is 2.87 bits per heavy atom. The first kappa shape index (κ1) is 10.4. The van der Waals surface area contributed by atoms with E-state index in [1.165, 1.54) is 13.3 Å². The molecule has 2 aromatic rings. The van der Waals surface area contributed by atoms with Crippen molar-refractivity contribution in [3.63, 3.8) is 0 Å². The largest absolute Gasteiger partial charge is 0.495 e. The lowest BCUT2D eigenvalue weighted by molar-refractivity contribution is 0.415. The summed E-state index contributed by atoms with van der Waals surface area (Å²) in [6.45, 7) is 0. The van der Waals surface area contributed by atoms with Gasteiger partial charge in [-0.2, -0.15) is 4.39 Å². The monoisotopic (exact) mass is 243 g/mol. The average Bonchev–Trinajstić information content (AvgIpc) is 2.66. The summed E-state index contributed by atoms with van der Waals surface area (Å²) in [6, 6.07) is 5.22. The molecule has 0 bridgehead atoms. The quantitative estimate of drug-likeness (QED) is 0.804. The SMILES string of the molecule is COc1cc(-c2ncc(F)s2)ccc1Cl. The topological polar surface area (TPSA) is 22.1 Å². The zero-order valence-electron chi connectivity index (χ0n) is 7.83. The van der Waals surface area contributed by atoms with Crippen LogP contribution in [0.4, 0.5) is 4.39 Å². The molecule has 1 aromatic heterocycles. The van der Waals surface area contributed by atoms with Crippen LogP contribution in [0.1, 0.15) is 0 Å². The Kier molecular flexibility index (Phi) is 2.88. The van der Waals surface area contributed by atoms with Gasteiger partial charge < -0.3 is 4.74 Å². The Labute approximate surface area is 95.3 Å². The van der Waals surface area contributed by atoms with Gasteiger partial charge in [-0.1, -0.05) is 29.0 Å². The van der Waals surface area contributed by atoms with E-state index in [2.05, 4.69) is 4.98 Å². The Hall–Kier alpha value is -1.13. The van der Waals surface area contributed by atoms with Gasteiger partial charge >= 0.3 is 0 Å². The molecule has 0 aliphatic heterocycles. The predicted molar refractivity (Wildman–Crippen MR) is 59.1 cm³/mol. The molecule has 5 heteroatoms. The fraction of sp³-hybridized carbons (Fsp3) is 0.100. The number of hydrogen-bond acceptors (Lipinski definition) is 3. The minimum atomic E-state index is -0.307. The van der Waals surface area contributed by atoms with Gasteiger partial charge in [0.2, 0.25) is 0 Å². The number of halogens is 2. The summed E-state index contributed by atoms with van der Waals surface area (Å²) >= 11 is 6.86. The molecule has 0 saturated heterocycles. The Morgan fingerprint density at radius 2 is 2.27 bits per heavy atom. The highest BCUT2D eigenvalue weighted by atomic mass is 35.5. The Morgan fingerprint density at radius 1 is 1.47 bits per heavy atom. The van der Waals surface area contributed by atoms with E-state index in [1.54, 1.807) is 18.2 Å². The van der Waals surface area contributed by atoms with Crippen LogP contribution in [0.15, 0.2) is 24.4 Å². The van der Waals surface area contributed by atoms with Crippen molar-refractivity contribution in [3.05, 3.63) is 34.5 Å². The molecular formula is C10H7ClFNOS. The van der Waals surface area contributed by atoms with Crippen molar-refractivity contribution in [2.45, 2.75) is 0 Å². The summed E-state index contributed by atoms with van der Waals surface area (Å²) in [4.78, 5) is 3.94. The molecule has 0 aliphatic rings. The van der Waals surface area contributed by atoms with Gasteiger partial charge in [0.15, 0.2) is 5.13 Å². The van der Waals surface area contributed by atoms with Gasteiger partial charge in [0, 0.05) is 5.56 Å². The van der Waals surface area contributed by atoms with E-state index in [9.17, 15) is 4.39 Å². The number of hydrogen-bond donors (Lipinski definition) is 0. The summed E-state index contributed by atoms with van der Waals surface area (Å²) in [5, 5.41) is 0.833. The second-order valence-electron chi connectivity index (χ2n) is 2.82. The lowest BCUT2D eigenvalue weighted by Crippen LogP contribution is -1.85. The number of ether oxygens (including phenoxy) is 1. The summed E-state index contributed by atoms with van der Waals surface area (Å²) in [5.74, 6) is 0.560. The van der Waals surface area contributed by atoms with Crippen LogP contribution in [-0.4, -0.2) is 12.1 Å². The first-order valence-electron chi connectivity index (χ1n) is 4.16. The Bertz CT molecular complexity index is 486. The van der Waals surface area contributed by atoms with Crippen molar-refractivity contribution in [2.75, 3.05) is 7.11 Å². The minimum absolute atomic E-state index is 0.307. The minimum Gasteiger partial charge on any atom is -0.495 e. The van der Waals surface area contributed by atoms with Crippen LogP contribution < -0.4 is 4.74 Å². The number of methoxy groups -OCH3 is 1. The molecule has 1 heterocycles. The third-order valence-corrected chi connectivity index (χ3v) is 3.02. The van der Waals surface area contributed by atoms with E-state index in [0.717, 1.165) is 16.9 Å². The number of nitrogens with zero attached hydrogens (tertiary/aromatic N) is 1. The van der Waals surface area contributed by atoms with E-state index in [1.807, 2.05) is 0 Å². The van der Waals surface area contributed by atoms with Crippen LogP contribution in [0.25, 0.3) is 10.6 Å². The molecular weight excluding hydrogens is 237 g/mol. The molecule has 2 rings (SSSR count). The van der Waals surface area contributed by atoms with Gasteiger partial charge in [0.1, 0.15) is 10.8 Å². The fourth-order valence-corrected chi connectivity index (χ4v) is 2.02. The van der Waals surface area contributed by atoms with Gasteiger partial charge in [-0.05, 0) is 12.1 Å². The zero-order valence-corrected chi connectivity index (χ0v) is 9.40. The molecule has 0 radical (unpaired) electrons. The van der Waals surface area contributed by atoms with E-state index in [0.29, 0.717) is 15.8 Å².